The van der Waals surface area contributed by atoms with Gasteiger partial charge in [-0.2, -0.15) is 0 Å². The number of carbonyl (C=O) groups is 1. The van der Waals surface area contributed by atoms with Crippen LogP contribution in [0.25, 0.3) is 0 Å². The topological polar surface area (TPSA) is 84.3 Å². The average molecular weight is 457 g/mol. The van der Waals surface area contributed by atoms with Crippen LogP contribution in [0.2, 0.25) is 0 Å². The lowest BCUT2D eigenvalue weighted by molar-refractivity contribution is -0.136. The fraction of sp³-hybridized carbons (Fsp3) is 0.421. The standard InChI is InChI=1S/C19H22BrN3O3.ClH/c20-16-12-21-19(23-17(16)9-8-15-2-1-11-26-15)22-14-6-3-13(4-7-14)5-10-18(24)25;/h3-4,6-7,12,15H,1-2,5,8-11H2,(H,24,25)(H,21,22,23);1H. The molecule has 1 fully saturated rings. The van der Waals surface area contributed by atoms with Crippen LogP contribution in [0.5, 0.6) is 0 Å². The van der Waals surface area contributed by atoms with Crippen molar-refractivity contribution >= 4 is 45.9 Å². The lowest BCUT2D eigenvalue weighted by atomic mass is 10.1. The molecule has 1 saturated heterocycles. The highest BCUT2D eigenvalue weighted by molar-refractivity contribution is 9.10. The number of aliphatic carboxylic acids is 1. The zero-order chi connectivity index (χ0) is 18.4. The van der Waals surface area contributed by atoms with Crippen LogP contribution in [0.4, 0.5) is 11.6 Å². The summed E-state index contributed by atoms with van der Waals surface area (Å²) in [5.41, 5.74) is 2.83. The van der Waals surface area contributed by atoms with Gasteiger partial charge >= 0.3 is 5.97 Å². The van der Waals surface area contributed by atoms with Crippen LogP contribution < -0.4 is 5.32 Å². The third-order valence-electron chi connectivity index (χ3n) is 4.38. The Kier molecular flexibility index (Phi) is 8.47. The van der Waals surface area contributed by atoms with E-state index in [1.807, 2.05) is 24.3 Å². The third kappa shape index (κ3) is 6.75. The fourth-order valence-corrected chi connectivity index (χ4v) is 3.33. The SMILES string of the molecule is Cl.O=C(O)CCc1ccc(Nc2ncc(Br)c(CCC3CCCO3)n2)cc1. The van der Waals surface area contributed by atoms with E-state index in [1.54, 1.807) is 6.20 Å². The van der Waals surface area contributed by atoms with Gasteiger partial charge in [0.2, 0.25) is 5.95 Å². The summed E-state index contributed by atoms with van der Waals surface area (Å²) in [6.07, 6.45) is 6.85. The zero-order valence-corrected chi connectivity index (χ0v) is 17.3. The number of anilines is 2. The smallest absolute Gasteiger partial charge is 0.303 e. The molecule has 0 amide bonds. The van der Waals surface area contributed by atoms with Crippen LogP contribution in [-0.2, 0) is 22.4 Å². The molecule has 146 valence electrons. The molecule has 1 aliphatic heterocycles. The predicted octanol–water partition coefficient (Wildman–Crippen LogP) is 4.53. The van der Waals surface area contributed by atoms with Crippen LogP contribution >= 0.6 is 28.3 Å². The van der Waals surface area contributed by atoms with Gasteiger partial charge in [-0.05, 0) is 65.7 Å². The predicted molar refractivity (Wildman–Crippen MR) is 110 cm³/mol. The van der Waals surface area contributed by atoms with Crippen molar-refractivity contribution in [2.24, 2.45) is 0 Å². The van der Waals surface area contributed by atoms with Gasteiger partial charge in [-0.1, -0.05) is 12.1 Å². The van der Waals surface area contributed by atoms with E-state index >= 15 is 0 Å². The molecule has 0 spiro atoms. The number of carboxylic acid groups (broad SMARTS) is 1. The molecule has 2 aromatic rings. The lowest BCUT2D eigenvalue weighted by Gasteiger charge is -2.11. The van der Waals surface area contributed by atoms with E-state index < -0.39 is 5.97 Å². The summed E-state index contributed by atoms with van der Waals surface area (Å²) in [5.74, 6) is -0.236. The molecule has 0 saturated carbocycles. The Balaban J connectivity index is 0.00000261. The van der Waals surface area contributed by atoms with Gasteiger partial charge in [0.15, 0.2) is 0 Å². The molecule has 1 atom stereocenters. The van der Waals surface area contributed by atoms with E-state index in [0.29, 0.717) is 18.5 Å². The Bertz CT molecular complexity index is 752. The zero-order valence-electron chi connectivity index (χ0n) is 14.9. The molecule has 3 rings (SSSR count). The second kappa shape index (κ2) is 10.6. The summed E-state index contributed by atoms with van der Waals surface area (Å²) in [7, 11) is 0. The molecular weight excluding hydrogens is 434 g/mol. The van der Waals surface area contributed by atoms with Gasteiger partial charge < -0.3 is 15.2 Å². The minimum atomic E-state index is -0.786. The molecule has 0 radical (unpaired) electrons. The monoisotopic (exact) mass is 455 g/mol. The lowest BCUT2D eigenvalue weighted by Crippen LogP contribution is -2.08. The molecule has 2 heterocycles. The molecule has 6 nitrogen and oxygen atoms in total. The first-order chi connectivity index (χ1) is 12.6. The van der Waals surface area contributed by atoms with E-state index in [1.165, 1.54) is 0 Å². The molecule has 1 unspecified atom stereocenters. The van der Waals surface area contributed by atoms with Gasteiger partial charge in [-0.15, -0.1) is 12.4 Å². The number of rotatable bonds is 8. The molecule has 0 aliphatic carbocycles. The number of aromatic nitrogens is 2. The van der Waals surface area contributed by atoms with Crippen molar-refractivity contribution < 1.29 is 14.6 Å². The Labute approximate surface area is 173 Å². The van der Waals surface area contributed by atoms with Crippen molar-refractivity contribution in [3.63, 3.8) is 0 Å². The summed E-state index contributed by atoms with van der Waals surface area (Å²) in [5, 5.41) is 11.9. The third-order valence-corrected chi connectivity index (χ3v) is 5.04. The van der Waals surface area contributed by atoms with Crippen molar-refractivity contribution in [1.82, 2.24) is 9.97 Å². The Morgan fingerprint density at radius 1 is 1.30 bits per heavy atom. The van der Waals surface area contributed by atoms with Crippen LogP contribution in [0.3, 0.4) is 0 Å². The molecule has 8 heteroatoms. The van der Waals surface area contributed by atoms with Crippen molar-refractivity contribution in [2.45, 2.75) is 44.6 Å². The molecule has 1 aromatic heterocycles. The number of nitrogens with one attached hydrogen (secondary N) is 1. The van der Waals surface area contributed by atoms with Gasteiger partial charge in [-0.25, -0.2) is 9.97 Å². The summed E-state index contributed by atoms with van der Waals surface area (Å²) in [6, 6.07) is 7.66. The molecular formula is C19H23BrClN3O3. The fourth-order valence-electron chi connectivity index (χ4n) is 2.94. The van der Waals surface area contributed by atoms with Gasteiger partial charge in [0.05, 0.1) is 16.3 Å². The maximum Gasteiger partial charge on any atom is 0.303 e. The summed E-state index contributed by atoms with van der Waals surface area (Å²) < 4.78 is 6.58. The Hall–Kier alpha value is -1.70. The summed E-state index contributed by atoms with van der Waals surface area (Å²) in [4.78, 5) is 19.6. The van der Waals surface area contributed by atoms with Crippen molar-refractivity contribution in [3.05, 3.63) is 46.2 Å². The molecule has 1 aliphatic rings. The number of halogens is 2. The van der Waals surface area contributed by atoms with Gasteiger partial charge in [-0.3, -0.25) is 4.79 Å². The number of nitrogens with zero attached hydrogens (tertiary/aromatic N) is 2. The maximum absolute atomic E-state index is 10.6. The first-order valence-electron chi connectivity index (χ1n) is 8.81. The highest BCUT2D eigenvalue weighted by Crippen LogP contribution is 2.23. The number of ether oxygens (including phenoxy) is 1. The number of hydrogen-bond donors (Lipinski definition) is 2. The van der Waals surface area contributed by atoms with Crippen LogP contribution in [-0.4, -0.2) is 33.8 Å². The second-order valence-corrected chi connectivity index (χ2v) is 7.23. The Morgan fingerprint density at radius 3 is 2.74 bits per heavy atom. The second-order valence-electron chi connectivity index (χ2n) is 6.38. The van der Waals surface area contributed by atoms with Crippen LogP contribution in [0.15, 0.2) is 34.9 Å². The van der Waals surface area contributed by atoms with E-state index in [4.69, 9.17) is 9.84 Å². The van der Waals surface area contributed by atoms with Crippen molar-refractivity contribution in [2.75, 3.05) is 11.9 Å². The highest BCUT2D eigenvalue weighted by atomic mass is 79.9. The molecule has 27 heavy (non-hydrogen) atoms. The van der Waals surface area contributed by atoms with Crippen LogP contribution in [0, 0.1) is 0 Å². The quantitative estimate of drug-likeness (QED) is 0.607. The van der Waals surface area contributed by atoms with Gasteiger partial charge in [0, 0.05) is 24.9 Å². The van der Waals surface area contributed by atoms with Crippen LogP contribution in [0.1, 0.15) is 36.9 Å². The first kappa shape index (κ1) is 21.6. The molecule has 0 bridgehead atoms. The number of aryl methyl sites for hydroxylation is 2. The average Bonchev–Trinajstić information content (AvgIpc) is 3.15. The normalized spacial score (nSPS) is 16.0. The van der Waals surface area contributed by atoms with Crippen molar-refractivity contribution in [3.8, 4) is 0 Å². The van der Waals surface area contributed by atoms with Gasteiger partial charge in [0.25, 0.3) is 0 Å². The van der Waals surface area contributed by atoms with Crippen molar-refractivity contribution in [1.29, 1.82) is 0 Å². The molecule has 1 aromatic carbocycles. The van der Waals surface area contributed by atoms with E-state index in [0.717, 1.165) is 53.7 Å². The maximum atomic E-state index is 10.6. The number of hydrogen-bond acceptors (Lipinski definition) is 5. The summed E-state index contributed by atoms with van der Waals surface area (Å²) >= 11 is 3.52. The number of benzene rings is 1. The van der Waals surface area contributed by atoms with E-state index in [9.17, 15) is 4.79 Å². The van der Waals surface area contributed by atoms with Gasteiger partial charge in [0.1, 0.15) is 0 Å². The summed E-state index contributed by atoms with van der Waals surface area (Å²) in [6.45, 7) is 0.866. The largest absolute Gasteiger partial charge is 0.481 e. The minimum Gasteiger partial charge on any atom is -0.481 e. The number of carboxylic acids is 1. The minimum absolute atomic E-state index is 0. The van der Waals surface area contributed by atoms with E-state index in [-0.39, 0.29) is 18.8 Å². The van der Waals surface area contributed by atoms with E-state index in [2.05, 4.69) is 31.2 Å². The highest BCUT2D eigenvalue weighted by Gasteiger charge is 2.16. The molecule has 2 N–H and O–H groups in total. The first-order valence-corrected chi connectivity index (χ1v) is 9.60. The Morgan fingerprint density at radius 2 is 2.07 bits per heavy atom.